The summed E-state index contributed by atoms with van der Waals surface area (Å²) in [7, 11) is 0. The summed E-state index contributed by atoms with van der Waals surface area (Å²) in [6.07, 6.45) is 10.3. The van der Waals surface area contributed by atoms with Crippen LogP contribution in [0.3, 0.4) is 0 Å². The molecule has 0 spiro atoms. The Morgan fingerprint density at radius 2 is 1.53 bits per heavy atom. The molecule has 0 bridgehead atoms. The second-order valence-electron chi connectivity index (χ2n) is 3.76. The van der Waals surface area contributed by atoms with Gasteiger partial charge in [0.15, 0.2) is 6.79 Å². The van der Waals surface area contributed by atoms with Crippen molar-refractivity contribution in [2.75, 3.05) is 13.4 Å². The monoisotopic (exact) mass is 216 g/mol. The van der Waals surface area contributed by atoms with Gasteiger partial charge in [-0.3, -0.25) is 4.79 Å². The van der Waals surface area contributed by atoms with Gasteiger partial charge in [0.1, 0.15) is 0 Å². The van der Waals surface area contributed by atoms with E-state index in [4.69, 9.17) is 4.74 Å². The van der Waals surface area contributed by atoms with Crippen molar-refractivity contribution in [1.29, 1.82) is 0 Å². The molecule has 0 radical (unpaired) electrons. The summed E-state index contributed by atoms with van der Waals surface area (Å²) in [5.41, 5.74) is 0. The summed E-state index contributed by atoms with van der Waals surface area (Å²) >= 11 is 0. The molecule has 90 valence electrons. The maximum absolute atomic E-state index is 9.76. The van der Waals surface area contributed by atoms with Gasteiger partial charge in [0, 0.05) is 0 Å². The first-order valence-corrected chi connectivity index (χ1v) is 6.04. The topological polar surface area (TPSA) is 35.5 Å². The molecule has 0 N–H and O–H groups in total. The molecule has 0 aromatic rings. The number of rotatable bonds is 12. The fourth-order valence-electron chi connectivity index (χ4n) is 1.47. The maximum atomic E-state index is 9.76. The van der Waals surface area contributed by atoms with Crippen LogP contribution in [0.4, 0.5) is 0 Å². The molecule has 3 heteroatoms. The SMILES string of the molecule is CCCCCCCCCCOCOC=O. The van der Waals surface area contributed by atoms with Gasteiger partial charge in [0.25, 0.3) is 6.47 Å². The van der Waals surface area contributed by atoms with E-state index in [9.17, 15) is 4.79 Å². The smallest absolute Gasteiger partial charge is 0.295 e. The lowest BCUT2D eigenvalue weighted by Gasteiger charge is -2.02. The summed E-state index contributed by atoms with van der Waals surface area (Å²) < 4.78 is 9.47. The highest BCUT2D eigenvalue weighted by atomic mass is 16.7. The zero-order chi connectivity index (χ0) is 11.2. The van der Waals surface area contributed by atoms with Crippen LogP contribution in [0.15, 0.2) is 0 Å². The van der Waals surface area contributed by atoms with Crippen molar-refractivity contribution in [3.63, 3.8) is 0 Å². The molecule has 0 aromatic carbocycles. The molecular weight excluding hydrogens is 192 g/mol. The van der Waals surface area contributed by atoms with Crippen LogP contribution in [0.2, 0.25) is 0 Å². The van der Waals surface area contributed by atoms with Gasteiger partial charge in [-0.1, -0.05) is 51.9 Å². The van der Waals surface area contributed by atoms with Gasteiger partial charge in [-0.25, -0.2) is 0 Å². The van der Waals surface area contributed by atoms with E-state index in [0.717, 1.165) is 6.42 Å². The molecule has 0 saturated heterocycles. The number of hydrogen-bond donors (Lipinski definition) is 0. The normalized spacial score (nSPS) is 10.2. The minimum absolute atomic E-state index is 0.0972. The average Bonchev–Trinajstić information content (AvgIpc) is 2.26. The van der Waals surface area contributed by atoms with Crippen LogP contribution in [0.5, 0.6) is 0 Å². The van der Waals surface area contributed by atoms with E-state index in [1.807, 2.05) is 0 Å². The number of ether oxygens (including phenoxy) is 2. The van der Waals surface area contributed by atoms with Crippen LogP contribution < -0.4 is 0 Å². The average molecular weight is 216 g/mol. The van der Waals surface area contributed by atoms with Crippen molar-refractivity contribution in [1.82, 2.24) is 0 Å². The number of hydrogen-bond acceptors (Lipinski definition) is 3. The number of carbonyl (C=O) groups excluding carboxylic acids is 1. The first kappa shape index (κ1) is 14.4. The number of unbranched alkanes of at least 4 members (excludes halogenated alkanes) is 7. The van der Waals surface area contributed by atoms with Crippen LogP contribution in [-0.4, -0.2) is 19.9 Å². The molecule has 0 aliphatic heterocycles. The standard InChI is InChI=1S/C12H24O3/c1-2-3-4-5-6-7-8-9-10-14-12-15-11-13/h11H,2-10,12H2,1H3. The largest absolute Gasteiger partial charge is 0.441 e. The van der Waals surface area contributed by atoms with Crippen molar-refractivity contribution in [2.45, 2.75) is 58.3 Å². The molecular formula is C12H24O3. The second-order valence-corrected chi connectivity index (χ2v) is 3.76. The Morgan fingerprint density at radius 1 is 0.933 bits per heavy atom. The van der Waals surface area contributed by atoms with Crippen molar-refractivity contribution >= 4 is 6.47 Å². The van der Waals surface area contributed by atoms with Crippen molar-refractivity contribution in [3.8, 4) is 0 Å². The van der Waals surface area contributed by atoms with Gasteiger partial charge < -0.3 is 9.47 Å². The van der Waals surface area contributed by atoms with Crippen LogP contribution in [0, 0.1) is 0 Å². The van der Waals surface area contributed by atoms with E-state index in [-0.39, 0.29) is 6.79 Å². The van der Waals surface area contributed by atoms with E-state index in [1.165, 1.54) is 44.9 Å². The molecule has 3 nitrogen and oxygen atoms in total. The molecule has 0 aromatic heterocycles. The van der Waals surface area contributed by atoms with Crippen molar-refractivity contribution < 1.29 is 14.3 Å². The molecule has 0 atom stereocenters. The summed E-state index contributed by atoms with van der Waals surface area (Å²) in [5, 5.41) is 0. The Labute approximate surface area is 93.1 Å². The Hall–Kier alpha value is -0.570. The number of carbonyl (C=O) groups is 1. The van der Waals surface area contributed by atoms with E-state index in [2.05, 4.69) is 11.7 Å². The lowest BCUT2D eigenvalue weighted by atomic mass is 10.1. The summed E-state index contributed by atoms with van der Waals surface area (Å²) in [6.45, 7) is 3.44. The van der Waals surface area contributed by atoms with Gasteiger partial charge in [0.05, 0.1) is 6.61 Å². The highest BCUT2D eigenvalue weighted by Gasteiger charge is 1.92. The van der Waals surface area contributed by atoms with E-state index in [1.54, 1.807) is 0 Å². The zero-order valence-electron chi connectivity index (χ0n) is 9.87. The lowest BCUT2D eigenvalue weighted by molar-refractivity contribution is -0.140. The summed E-state index contributed by atoms with van der Waals surface area (Å²) in [6, 6.07) is 0. The molecule has 0 saturated carbocycles. The van der Waals surface area contributed by atoms with Crippen molar-refractivity contribution in [2.24, 2.45) is 0 Å². The first-order chi connectivity index (χ1) is 7.41. The Balaban J connectivity index is 2.83. The second kappa shape index (κ2) is 13.4. The predicted octanol–water partition coefficient (Wildman–Crippen LogP) is 3.27. The van der Waals surface area contributed by atoms with Gasteiger partial charge in [0.2, 0.25) is 0 Å². The summed E-state index contributed by atoms with van der Waals surface area (Å²) in [4.78, 5) is 9.76. The predicted molar refractivity (Wildman–Crippen MR) is 60.6 cm³/mol. The van der Waals surface area contributed by atoms with Crippen LogP contribution in [0.1, 0.15) is 58.3 Å². The van der Waals surface area contributed by atoms with Gasteiger partial charge in [-0.05, 0) is 6.42 Å². The molecule has 0 rings (SSSR count). The van der Waals surface area contributed by atoms with Crippen molar-refractivity contribution in [3.05, 3.63) is 0 Å². The zero-order valence-corrected chi connectivity index (χ0v) is 9.87. The highest BCUT2D eigenvalue weighted by molar-refractivity contribution is 5.36. The van der Waals surface area contributed by atoms with Crippen LogP contribution >= 0.6 is 0 Å². The highest BCUT2D eigenvalue weighted by Crippen LogP contribution is 2.08. The molecule has 0 heterocycles. The van der Waals surface area contributed by atoms with Gasteiger partial charge in [-0.15, -0.1) is 0 Å². The molecule has 0 aliphatic rings. The Kier molecular flexibility index (Phi) is 12.9. The maximum Gasteiger partial charge on any atom is 0.295 e. The third-order valence-corrected chi connectivity index (χ3v) is 2.36. The Morgan fingerprint density at radius 3 is 2.13 bits per heavy atom. The fraction of sp³-hybridized carbons (Fsp3) is 0.917. The molecule has 15 heavy (non-hydrogen) atoms. The molecule has 0 aliphatic carbocycles. The quantitative estimate of drug-likeness (QED) is 0.285. The molecule has 0 unspecified atom stereocenters. The van der Waals surface area contributed by atoms with E-state index in [0.29, 0.717) is 13.1 Å². The Bertz CT molecular complexity index is 126. The van der Waals surface area contributed by atoms with Gasteiger partial charge >= 0.3 is 0 Å². The first-order valence-electron chi connectivity index (χ1n) is 6.04. The van der Waals surface area contributed by atoms with E-state index >= 15 is 0 Å². The third kappa shape index (κ3) is 13.4. The van der Waals surface area contributed by atoms with Crippen LogP contribution in [-0.2, 0) is 14.3 Å². The fourth-order valence-corrected chi connectivity index (χ4v) is 1.47. The molecule has 0 amide bonds. The van der Waals surface area contributed by atoms with Crippen LogP contribution in [0.25, 0.3) is 0 Å². The minimum atomic E-state index is 0.0972. The lowest BCUT2D eigenvalue weighted by Crippen LogP contribution is -1.99. The molecule has 0 fully saturated rings. The third-order valence-electron chi connectivity index (χ3n) is 2.36. The summed E-state index contributed by atoms with van der Waals surface area (Å²) in [5.74, 6) is 0. The van der Waals surface area contributed by atoms with E-state index < -0.39 is 0 Å². The minimum Gasteiger partial charge on any atom is -0.441 e. The van der Waals surface area contributed by atoms with Gasteiger partial charge in [-0.2, -0.15) is 0 Å².